The van der Waals surface area contributed by atoms with Crippen LogP contribution in [0, 0.1) is 11.8 Å². The molecule has 106 valence electrons. The predicted octanol–water partition coefficient (Wildman–Crippen LogP) is 2.79. The van der Waals surface area contributed by atoms with Crippen LogP contribution in [-0.2, 0) is 4.79 Å². The molecule has 0 spiro atoms. The third kappa shape index (κ3) is 4.27. The molecule has 0 radical (unpaired) electrons. The van der Waals surface area contributed by atoms with Gasteiger partial charge in [-0.05, 0) is 44.4 Å². The van der Waals surface area contributed by atoms with Crippen LogP contribution in [0.25, 0.3) is 0 Å². The molecule has 2 unspecified atom stereocenters. The number of amides is 1. The first-order valence-corrected chi connectivity index (χ1v) is 7.45. The maximum atomic E-state index is 12.4. The zero-order chi connectivity index (χ0) is 13.8. The van der Waals surface area contributed by atoms with Gasteiger partial charge in [-0.25, -0.2) is 0 Å². The zero-order valence-corrected chi connectivity index (χ0v) is 12.5. The first-order valence-electron chi connectivity index (χ1n) is 7.45. The van der Waals surface area contributed by atoms with Crippen LogP contribution in [0.4, 0.5) is 0 Å². The highest BCUT2D eigenvalue weighted by Crippen LogP contribution is 2.25. The Balaban J connectivity index is 2.58. The van der Waals surface area contributed by atoms with Crippen LogP contribution in [0.2, 0.25) is 0 Å². The van der Waals surface area contributed by atoms with E-state index in [1.54, 1.807) is 0 Å². The Kier molecular flexibility index (Phi) is 5.64. The van der Waals surface area contributed by atoms with Gasteiger partial charge in [-0.15, -0.1) is 0 Å². The molecule has 1 aliphatic heterocycles. The average molecular weight is 254 g/mol. The fourth-order valence-electron chi connectivity index (χ4n) is 3.10. The van der Waals surface area contributed by atoms with Crippen molar-refractivity contribution in [1.82, 2.24) is 4.90 Å². The number of carbonyl (C=O) groups is 1. The van der Waals surface area contributed by atoms with Gasteiger partial charge >= 0.3 is 0 Å². The molecule has 0 aliphatic carbocycles. The lowest BCUT2D eigenvalue weighted by molar-refractivity contribution is -0.138. The van der Waals surface area contributed by atoms with Crippen molar-refractivity contribution in [2.75, 3.05) is 13.1 Å². The van der Waals surface area contributed by atoms with Crippen molar-refractivity contribution in [1.29, 1.82) is 0 Å². The summed E-state index contributed by atoms with van der Waals surface area (Å²) < 4.78 is 0. The lowest BCUT2D eigenvalue weighted by Gasteiger charge is -2.38. The van der Waals surface area contributed by atoms with Crippen LogP contribution in [0.15, 0.2) is 0 Å². The second kappa shape index (κ2) is 6.55. The van der Waals surface area contributed by atoms with Gasteiger partial charge in [-0.2, -0.15) is 0 Å². The number of likely N-dealkylation sites (tertiary alicyclic amines) is 1. The van der Waals surface area contributed by atoms with Gasteiger partial charge in [0, 0.05) is 13.1 Å². The second-order valence-electron chi connectivity index (χ2n) is 6.56. The van der Waals surface area contributed by atoms with Crippen molar-refractivity contribution in [2.24, 2.45) is 17.6 Å². The number of hydrogen-bond acceptors (Lipinski definition) is 2. The Labute approximate surface area is 112 Å². The number of rotatable bonds is 5. The molecule has 0 aromatic carbocycles. The van der Waals surface area contributed by atoms with Crippen molar-refractivity contribution >= 4 is 5.91 Å². The van der Waals surface area contributed by atoms with Gasteiger partial charge in [0.25, 0.3) is 0 Å². The van der Waals surface area contributed by atoms with E-state index in [1.165, 1.54) is 12.8 Å². The molecule has 1 aliphatic rings. The minimum absolute atomic E-state index is 0.151. The lowest BCUT2D eigenvalue weighted by atomic mass is 9.88. The van der Waals surface area contributed by atoms with Gasteiger partial charge in [0.05, 0.1) is 5.54 Å². The van der Waals surface area contributed by atoms with E-state index in [1.807, 2.05) is 11.8 Å². The number of nitrogens with zero attached hydrogens (tertiary/aromatic N) is 1. The topological polar surface area (TPSA) is 46.3 Å². The molecule has 1 rings (SSSR count). The van der Waals surface area contributed by atoms with Crippen LogP contribution in [0.5, 0.6) is 0 Å². The highest BCUT2D eigenvalue weighted by molar-refractivity contribution is 5.85. The quantitative estimate of drug-likeness (QED) is 0.820. The van der Waals surface area contributed by atoms with Crippen molar-refractivity contribution < 1.29 is 4.79 Å². The molecule has 3 heteroatoms. The van der Waals surface area contributed by atoms with Gasteiger partial charge in [0.2, 0.25) is 5.91 Å². The molecule has 0 bridgehead atoms. The van der Waals surface area contributed by atoms with E-state index in [2.05, 4.69) is 20.8 Å². The smallest absolute Gasteiger partial charge is 0.242 e. The van der Waals surface area contributed by atoms with E-state index in [9.17, 15) is 4.79 Å². The fourth-order valence-corrected chi connectivity index (χ4v) is 3.10. The molecular formula is C15H30N2O. The molecule has 1 fully saturated rings. The minimum Gasteiger partial charge on any atom is -0.341 e. The van der Waals surface area contributed by atoms with Crippen molar-refractivity contribution in [2.45, 2.75) is 65.3 Å². The summed E-state index contributed by atoms with van der Waals surface area (Å²) in [6.45, 7) is 10.3. The minimum atomic E-state index is -0.672. The first-order chi connectivity index (χ1) is 8.36. The van der Waals surface area contributed by atoms with Crippen molar-refractivity contribution in [3.05, 3.63) is 0 Å². The largest absolute Gasteiger partial charge is 0.341 e. The average Bonchev–Trinajstić information content (AvgIpc) is 2.27. The monoisotopic (exact) mass is 254 g/mol. The molecule has 3 nitrogen and oxygen atoms in total. The summed E-state index contributed by atoms with van der Waals surface area (Å²) >= 11 is 0. The fraction of sp³-hybridized carbons (Fsp3) is 0.933. The maximum absolute atomic E-state index is 12.4. The third-order valence-corrected chi connectivity index (χ3v) is 3.87. The molecule has 0 aromatic heterocycles. The van der Waals surface area contributed by atoms with Crippen molar-refractivity contribution in [3.8, 4) is 0 Å². The zero-order valence-electron chi connectivity index (χ0n) is 12.5. The number of carbonyl (C=O) groups excluding carboxylic acids is 1. The molecular weight excluding hydrogens is 224 g/mol. The lowest BCUT2D eigenvalue weighted by Crippen LogP contribution is -2.55. The Bertz CT molecular complexity index is 274. The SMILES string of the molecule is CCCC(C)(N)C(=O)N1CCCC(CC(C)C)C1. The molecule has 0 aromatic rings. The van der Waals surface area contributed by atoms with Gasteiger partial charge in [-0.1, -0.05) is 27.2 Å². The Hall–Kier alpha value is -0.570. The Morgan fingerprint density at radius 2 is 2.17 bits per heavy atom. The van der Waals surface area contributed by atoms with Crippen LogP contribution in [0.3, 0.4) is 0 Å². The molecule has 2 N–H and O–H groups in total. The number of nitrogens with two attached hydrogens (primary N) is 1. The summed E-state index contributed by atoms with van der Waals surface area (Å²) in [7, 11) is 0. The summed E-state index contributed by atoms with van der Waals surface area (Å²) in [5.74, 6) is 1.53. The summed E-state index contributed by atoms with van der Waals surface area (Å²) in [6, 6.07) is 0. The Morgan fingerprint density at radius 3 is 2.72 bits per heavy atom. The molecule has 1 heterocycles. The van der Waals surface area contributed by atoms with Gasteiger partial charge in [0.1, 0.15) is 0 Å². The summed E-state index contributed by atoms with van der Waals surface area (Å²) in [6.07, 6.45) is 5.35. The molecule has 0 saturated carbocycles. The number of hydrogen-bond donors (Lipinski definition) is 1. The van der Waals surface area contributed by atoms with Crippen LogP contribution < -0.4 is 5.73 Å². The van der Waals surface area contributed by atoms with E-state index in [0.29, 0.717) is 11.8 Å². The highest BCUT2D eigenvalue weighted by atomic mass is 16.2. The third-order valence-electron chi connectivity index (χ3n) is 3.87. The van der Waals surface area contributed by atoms with Crippen LogP contribution in [0.1, 0.15) is 59.8 Å². The molecule has 1 amide bonds. The summed E-state index contributed by atoms with van der Waals surface area (Å²) in [5.41, 5.74) is 5.48. The van der Waals surface area contributed by atoms with E-state index >= 15 is 0 Å². The molecule has 18 heavy (non-hydrogen) atoms. The standard InChI is InChI=1S/C15H30N2O/c1-5-8-15(4,16)14(18)17-9-6-7-13(11-17)10-12(2)3/h12-13H,5-11,16H2,1-4H3. The van der Waals surface area contributed by atoms with E-state index in [4.69, 9.17) is 5.73 Å². The van der Waals surface area contributed by atoms with Crippen molar-refractivity contribution in [3.63, 3.8) is 0 Å². The number of piperidine rings is 1. The van der Waals surface area contributed by atoms with Gasteiger partial charge in [0.15, 0.2) is 0 Å². The van der Waals surface area contributed by atoms with Gasteiger partial charge < -0.3 is 10.6 Å². The van der Waals surface area contributed by atoms with E-state index in [0.717, 1.165) is 32.4 Å². The Morgan fingerprint density at radius 1 is 1.50 bits per heavy atom. The normalized spacial score (nSPS) is 24.1. The predicted molar refractivity (Wildman–Crippen MR) is 76.3 cm³/mol. The van der Waals surface area contributed by atoms with E-state index in [-0.39, 0.29) is 5.91 Å². The summed E-state index contributed by atoms with van der Waals surface area (Å²) in [4.78, 5) is 14.4. The highest BCUT2D eigenvalue weighted by Gasteiger charge is 2.34. The summed E-state index contributed by atoms with van der Waals surface area (Å²) in [5, 5.41) is 0. The first kappa shape index (κ1) is 15.5. The van der Waals surface area contributed by atoms with Crippen LogP contribution in [-0.4, -0.2) is 29.4 Å². The van der Waals surface area contributed by atoms with E-state index < -0.39 is 5.54 Å². The molecule has 1 saturated heterocycles. The second-order valence-corrected chi connectivity index (χ2v) is 6.56. The maximum Gasteiger partial charge on any atom is 0.242 e. The molecule has 2 atom stereocenters. The van der Waals surface area contributed by atoms with Gasteiger partial charge in [-0.3, -0.25) is 4.79 Å². The van der Waals surface area contributed by atoms with Crippen LogP contribution >= 0.6 is 0 Å².